The smallest absolute Gasteiger partial charge is 0.251 e. The van der Waals surface area contributed by atoms with Gasteiger partial charge in [-0.15, -0.1) is 0 Å². The van der Waals surface area contributed by atoms with Crippen molar-refractivity contribution in [2.45, 2.75) is 19.1 Å². The van der Waals surface area contributed by atoms with Crippen LogP contribution in [0.25, 0.3) is 0 Å². The quantitative estimate of drug-likeness (QED) is 0.548. The van der Waals surface area contributed by atoms with E-state index in [2.05, 4.69) is 5.32 Å². The summed E-state index contributed by atoms with van der Waals surface area (Å²) in [5, 5.41) is 21.7. The molecule has 154 valence electrons. The molecule has 1 aromatic carbocycles. The summed E-state index contributed by atoms with van der Waals surface area (Å²) in [6.45, 7) is 0.723. The van der Waals surface area contributed by atoms with Crippen molar-refractivity contribution in [1.29, 1.82) is 0 Å². The molecule has 2 amide bonds. The Hall–Kier alpha value is -3.10. The first kappa shape index (κ1) is 20.6. The van der Waals surface area contributed by atoms with E-state index >= 15 is 0 Å². The van der Waals surface area contributed by atoms with E-state index in [4.69, 9.17) is 10.5 Å². The lowest BCUT2D eigenvalue weighted by Crippen LogP contribution is -2.34. The van der Waals surface area contributed by atoms with Crippen molar-refractivity contribution in [3.05, 3.63) is 70.7 Å². The Morgan fingerprint density at radius 2 is 1.86 bits per heavy atom. The largest absolute Gasteiger partial charge is 0.507 e. The molecule has 8 heteroatoms. The first-order chi connectivity index (χ1) is 14.0. The molecule has 0 fully saturated rings. The Labute approximate surface area is 168 Å². The molecular formula is C21H25N3O5. The fourth-order valence-electron chi connectivity index (χ4n) is 3.02. The molecule has 1 aromatic rings. The van der Waals surface area contributed by atoms with Crippen molar-refractivity contribution in [2.24, 2.45) is 5.73 Å². The van der Waals surface area contributed by atoms with E-state index in [0.29, 0.717) is 25.1 Å². The molecule has 1 heterocycles. The van der Waals surface area contributed by atoms with Crippen molar-refractivity contribution in [3.63, 3.8) is 0 Å². The first-order valence-electron chi connectivity index (χ1n) is 9.40. The van der Waals surface area contributed by atoms with Crippen molar-refractivity contribution < 1.29 is 24.5 Å². The molecule has 8 nitrogen and oxygen atoms in total. The van der Waals surface area contributed by atoms with Crippen LogP contribution >= 0.6 is 0 Å². The van der Waals surface area contributed by atoms with Gasteiger partial charge >= 0.3 is 0 Å². The molecule has 2 aliphatic rings. The fourth-order valence-corrected chi connectivity index (χ4v) is 3.02. The average Bonchev–Trinajstić information content (AvgIpc) is 3.09. The highest BCUT2D eigenvalue weighted by atomic mass is 16.5. The molecule has 5 N–H and O–H groups in total. The molecule has 3 rings (SSSR count). The lowest BCUT2D eigenvalue weighted by Gasteiger charge is -2.20. The van der Waals surface area contributed by atoms with E-state index in [1.54, 1.807) is 12.1 Å². The number of hydrogen-bond acceptors (Lipinski definition) is 6. The Bertz CT molecular complexity index is 844. The fraction of sp³-hybridized carbons (Fsp3) is 0.333. The standard InChI is InChI=1S/C21H25N3O5/c22-9-14-1-5-16(6-2-14)21(28)23-10-15-3-7-17(8-4-15)29-13-20(27)24-11-18(25)19(26)12-24/h1-7,17,25-26H,8-13,22H2,(H,23,28). The van der Waals surface area contributed by atoms with Gasteiger partial charge in [0, 0.05) is 18.7 Å². The predicted octanol–water partition coefficient (Wildman–Crippen LogP) is 1.32. The van der Waals surface area contributed by atoms with E-state index in [-0.39, 0.29) is 49.1 Å². The van der Waals surface area contributed by atoms with Crippen LogP contribution in [0.3, 0.4) is 0 Å². The molecule has 1 unspecified atom stereocenters. The average molecular weight is 399 g/mol. The number of amides is 2. The SMILES string of the molecule is NCc1ccc(C(=O)NCC2=CCC(OCC(=O)N3CC(O)=C(O)C3)C=C2)cc1. The van der Waals surface area contributed by atoms with E-state index in [1.165, 1.54) is 4.90 Å². The second kappa shape index (κ2) is 9.40. The van der Waals surface area contributed by atoms with Gasteiger partial charge in [0.05, 0.1) is 19.2 Å². The second-order valence-corrected chi connectivity index (χ2v) is 6.95. The van der Waals surface area contributed by atoms with Crippen LogP contribution in [0, 0.1) is 0 Å². The lowest BCUT2D eigenvalue weighted by molar-refractivity contribution is -0.136. The van der Waals surface area contributed by atoms with Crippen LogP contribution in [0.4, 0.5) is 0 Å². The third-order valence-corrected chi connectivity index (χ3v) is 4.83. The van der Waals surface area contributed by atoms with Gasteiger partial charge in [-0.2, -0.15) is 0 Å². The van der Waals surface area contributed by atoms with Crippen LogP contribution in [0.15, 0.2) is 59.6 Å². The number of nitrogens with two attached hydrogens (primary N) is 1. The predicted molar refractivity (Wildman–Crippen MR) is 107 cm³/mol. The first-order valence-corrected chi connectivity index (χ1v) is 9.40. The summed E-state index contributed by atoms with van der Waals surface area (Å²) in [4.78, 5) is 25.6. The third kappa shape index (κ3) is 5.46. The number of nitrogens with zero attached hydrogens (tertiary/aromatic N) is 1. The maximum Gasteiger partial charge on any atom is 0.251 e. The van der Waals surface area contributed by atoms with Crippen LogP contribution < -0.4 is 11.1 Å². The van der Waals surface area contributed by atoms with Crippen molar-refractivity contribution in [1.82, 2.24) is 10.2 Å². The number of ether oxygens (including phenoxy) is 1. The summed E-state index contributed by atoms with van der Waals surface area (Å²) in [5.74, 6) is -0.809. The zero-order valence-corrected chi connectivity index (χ0v) is 16.0. The highest BCUT2D eigenvalue weighted by molar-refractivity contribution is 5.94. The van der Waals surface area contributed by atoms with Gasteiger partial charge in [0.15, 0.2) is 11.5 Å². The van der Waals surface area contributed by atoms with Gasteiger partial charge in [-0.05, 0) is 29.7 Å². The number of nitrogens with one attached hydrogen (secondary N) is 1. The number of aliphatic hydroxyl groups is 2. The Morgan fingerprint density at radius 1 is 1.17 bits per heavy atom. The monoisotopic (exact) mass is 399 g/mol. The normalized spacial score (nSPS) is 18.7. The van der Waals surface area contributed by atoms with Crippen LogP contribution in [-0.2, 0) is 16.1 Å². The molecule has 0 saturated heterocycles. The summed E-state index contributed by atoms with van der Waals surface area (Å²) in [6, 6.07) is 7.16. The summed E-state index contributed by atoms with van der Waals surface area (Å²) in [7, 11) is 0. The van der Waals surface area contributed by atoms with E-state index in [1.807, 2.05) is 30.4 Å². The van der Waals surface area contributed by atoms with Gasteiger partial charge in [-0.1, -0.05) is 30.4 Å². The van der Waals surface area contributed by atoms with Gasteiger partial charge in [-0.3, -0.25) is 9.59 Å². The summed E-state index contributed by atoms with van der Waals surface area (Å²) in [6.07, 6.45) is 6.03. The number of hydrogen-bond donors (Lipinski definition) is 4. The lowest BCUT2D eigenvalue weighted by atomic mass is 10.0. The van der Waals surface area contributed by atoms with Gasteiger partial charge in [-0.25, -0.2) is 0 Å². The van der Waals surface area contributed by atoms with Crippen LogP contribution in [0.5, 0.6) is 0 Å². The number of carbonyl (C=O) groups excluding carboxylic acids is 2. The zero-order chi connectivity index (χ0) is 20.8. The highest BCUT2D eigenvalue weighted by Crippen LogP contribution is 2.16. The minimum atomic E-state index is -0.295. The van der Waals surface area contributed by atoms with Crippen LogP contribution in [0.1, 0.15) is 22.3 Å². The molecule has 1 aliphatic carbocycles. The van der Waals surface area contributed by atoms with Gasteiger partial charge in [0.25, 0.3) is 5.91 Å². The Kier molecular flexibility index (Phi) is 6.69. The highest BCUT2D eigenvalue weighted by Gasteiger charge is 2.25. The van der Waals surface area contributed by atoms with Gasteiger partial charge in [0.2, 0.25) is 5.91 Å². The number of rotatable bonds is 7. The molecular weight excluding hydrogens is 374 g/mol. The topological polar surface area (TPSA) is 125 Å². The summed E-state index contributed by atoms with van der Waals surface area (Å²) >= 11 is 0. The molecule has 0 radical (unpaired) electrons. The zero-order valence-electron chi connectivity index (χ0n) is 16.0. The molecule has 0 aromatic heterocycles. The Morgan fingerprint density at radius 3 is 2.45 bits per heavy atom. The maximum absolute atomic E-state index is 12.2. The van der Waals surface area contributed by atoms with Crippen molar-refractivity contribution >= 4 is 11.8 Å². The molecule has 1 aliphatic heterocycles. The van der Waals surface area contributed by atoms with E-state index in [9.17, 15) is 19.8 Å². The number of benzene rings is 1. The molecule has 0 bridgehead atoms. The van der Waals surface area contributed by atoms with Crippen LogP contribution in [0.2, 0.25) is 0 Å². The van der Waals surface area contributed by atoms with Crippen molar-refractivity contribution in [2.75, 3.05) is 26.2 Å². The van der Waals surface area contributed by atoms with E-state index in [0.717, 1.165) is 11.1 Å². The van der Waals surface area contributed by atoms with E-state index < -0.39 is 0 Å². The number of carbonyl (C=O) groups is 2. The molecule has 0 saturated carbocycles. The summed E-state index contributed by atoms with van der Waals surface area (Å²) < 4.78 is 5.59. The molecule has 0 spiro atoms. The van der Waals surface area contributed by atoms with Crippen LogP contribution in [-0.4, -0.2) is 59.3 Å². The Balaban J connectivity index is 1.38. The van der Waals surface area contributed by atoms with Crippen molar-refractivity contribution in [3.8, 4) is 0 Å². The number of aliphatic hydroxyl groups excluding tert-OH is 2. The minimum Gasteiger partial charge on any atom is -0.507 e. The molecule has 1 atom stereocenters. The minimum absolute atomic E-state index is 0.00717. The van der Waals surface area contributed by atoms with Gasteiger partial charge < -0.3 is 30.9 Å². The molecule has 29 heavy (non-hydrogen) atoms. The summed E-state index contributed by atoms with van der Waals surface area (Å²) in [5.41, 5.74) is 8.07. The maximum atomic E-state index is 12.2. The second-order valence-electron chi connectivity index (χ2n) is 6.95. The van der Waals surface area contributed by atoms with Gasteiger partial charge in [0.1, 0.15) is 6.61 Å². The third-order valence-electron chi connectivity index (χ3n) is 4.83.